The summed E-state index contributed by atoms with van der Waals surface area (Å²) in [7, 11) is 1.71. The number of aromatic nitrogens is 2. The van der Waals surface area contributed by atoms with E-state index in [0.29, 0.717) is 0 Å². The molecule has 1 heterocycles. The van der Waals surface area contributed by atoms with Crippen LogP contribution < -0.4 is 16.4 Å². The van der Waals surface area contributed by atoms with Crippen molar-refractivity contribution < 1.29 is 19.5 Å². The molecule has 1 aromatic heterocycles. The van der Waals surface area contributed by atoms with Gasteiger partial charge in [-0.15, -0.1) is 0 Å². The Kier molecular flexibility index (Phi) is 4.86. The first-order chi connectivity index (χ1) is 8.90. The average molecular weight is 269 g/mol. The van der Waals surface area contributed by atoms with E-state index in [1.165, 1.54) is 0 Å². The average Bonchev–Trinajstić information content (AvgIpc) is 2.70. The number of amides is 3. The van der Waals surface area contributed by atoms with Crippen molar-refractivity contribution in [1.82, 2.24) is 20.4 Å². The van der Waals surface area contributed by atoms with Gasteiger partial charge in [-0.3, -0.25) is 9.48 Å². The van der Waals surface area contributed by atoms with Gasteiger partial charge >= 0.3 is 12.0 Å². The van der Waals surface area contributed by atoms with Gasteiger partial charge in [0.1, 0.15) is 6.04 Å². The molecule has 0 aliphatic rings. The molecule has 0 aliphatic carbocycles. The number of nitrogens with two attached hydrogens (primary N) is 1. The first-order valence-electron chi connectivity index (χ1n) is 5.42. The van der Waals surface area contributed by atoms with Gasteiger partial charge in [0.2, 0.25) is 5.91 Å². The molecule has 0 spiro atoms. The Morgan fingerprint density at radius 2 is 2.21 bits per heavy atom. The van der Waals surface area contributed by atoms with Gasteiger partial charge in [0.15, 0.2) is 0 Å². The second kappa shape index (κ2) is 6.38. The molecule has 0 bridgehead atoms. The van der Waals surface area contributed by atoms with Crippen molar-refractivity contribution >= 4 is 17.9 Å². The number of aliphatic carboxylic acids is 1. The molecule has 0 aromatic carbocycles. The molecule has 104 valence electrons. The molecule has 0 saturated carbocycles. The molecule has 0 fully saturated rings. The molecule has 9 nitrogen and oxygen atoms in total. The lowest BCUT2D eigenvalue weighted by Crippen LogP contribution is -2.47. The Bertz CT molecular complexity index is 484. The molecule has 1 aromatic rings. The molecule has 9 heteroatoms. The van der Waals surface area contributed by atoms with E-state index < -0.39 is 30.4 Å². The van der Waals surface area contributed by atoms with Crippen molar-refractivity contribution in [3.63, 3.8) is 0 Å². The van der Waals surface area contributed by atoms with Crippen LogP contribution >= 0.6 is 0 Å². The highest BCUT2D eigenvalue weighted by atomic mass is 16.4. The Balaban J connectivity index is 2.47. The number of hydrogen-bond acceptors (Lipinski definition) is 4. The van der Waals surface area contributed by atoms with Crippen LogP contribution in [0, 0.1) is 0 Å². The van der Waals surface area contributed by atoms with Crippen LogP contribution in [-0.4, -0.2) is 38.8 Å². The van der Waals surface area contributed by atoms with Crippen molar-refractivity contribution in [3.05, 3.63) is 18.0 Å². The molecule has 0 aliphatic heterocycles. The lowest BCUT2D eigenvalue weighted by Gasteiger charge is -2.13. The molecule has 1 unspecified atom stereocenters. The van der Waals surface area contributed by atoms with E-state index in [2.05, 4.69) is 15.7 Å². The van der Waals surface area contributed by atoms with E-state index in [9.17, 15) is 14.4 Å². The van der Waals surface area contributed by atoms with E-state index in [-0.39, 0.29) is 6.54 Å². The summed E-state index contributed by atoms with van der Waals surface area (Å²) in [6.07, 6.45) is 1.11. The SMILES string of the molecule is Cn1nccc1CNC(=O)NC(CC(N)=O)C(=O)O. The van der Waals surface area contributed by atoms with Crippen LogP contribution in [0.5, 0.6) is 0 Å². The standard InChI is InChI=1S/C10H15N5O4/c1-15-6(2-3-13-15)5-12-10(19)14-7(9(17)18)4-8(11)16/h2-3,7H,4-5H2,1H3,(H2,11,16)(H,17,18)(H2,12,14,19). The summed E-state index contributed by atoms with van der Waals surface area (Å²) in [6.45, 7) is 0.186. The minimum Gasteiger partial charge on any atom is -0.480 e. The molecule has 0 saturated heterocycles. The summed E-state index contributed by atoms with van der Waals surface area (Å²) < 4.78 is 1.57. The number of hydrogen-bond donors (Lipinski definition) is 4. The predicted octanol–water partition coefficient (Wildman–Crippen LogP) is -1.45. The van der Waals surface area contributed by atoms with E-state index >= 15 is 0 Å². The van der Waals surface area contributed by atoms with Gasteiger partial charge in [0.05, 0.1) is 18.7 Å². The summed E-state index contributed by atoms with van der Waals surface area (Å²) in [5.74, 6) is -2.13. The zero-order valence-electron chi connectivity index (χ0n) is 10.3. The Morgan fingerprint density at radius 1 is 1.53 bits per heavy atom. The third-order valence-electron chi connectivity index (χ3n) is 2.36. The predicted molar refractivity (Wildman–Crippen MR) is 63.8 cm³/mol. The van der Waals surface area contributed by atoms with Crippen molar-refractivity contribution in [2.45, 2.75) is 19.0 Å². The maximum atomic E-state index is 11.5. The topological polar surface area (TPSA) is 139 Å². The molecule has 1 atom stereocenters. The number of nitrogens with zero attached hydrogens (tertiary/aromatic N) is 2. The van der Waals surface area contributed by atoms with E-state index in [1.54, 1.807) is 24.0 Å². The summed E-state index contributed by atoms with van der Waals surface area (Å²) in [4.78, 5) is 32.9. The van der Waals surface area contributed by atoms with Crippen LogP contribution in [-0.2, 0) is 23.2 Å². The highest BCUT2D eigenvalue weighted by Gasteiger charge is 2.21. The van der Waals surface area contributed by atoms with E-state index in [1.807, 2.05) is 0 Å². The van der Waals surface area contributed by atoms with Crippen LogP contribution in [0.3, 0.4) is 0 Å². The largest absolute Gasteiger partial charge is 0.480 e. The molecular weight excluding hydrogens is 254 g/mol. The Hall–Kier alpha value is -2.58. The fourth-order valence-corrected chi connectivity index (χ4v) is 1.36. The zero-order chi connectivity index (χ0) is 14.4. The highest BCUT2D eigenvalue weighted by molar-refractivity contribution is 5.87. The van der Waals surface area contributed by atoms with Crippen LogP contribution in [0.15, 0.2) is 12.3 Å². The Morgan fingerprint density at radius 3 is 2.68 bits per heavy atom. The minimum atomic E-state index is -1.34. The normalized spacial score (nSPS) is 11.6. The summed E-state index contributed by atoms with van der Waals surface area (Å²) in [6, 6.07) is -0.336. The van der Waals surface area contributed by atoms with Gasteiger partial charge in [0, 0.05) is 13.2 Å². The number of nitrogens with one attached hydrogen (secondary N) is 2. The van der Waals surface area contributed by atoms with Gasteiger partial charge in [-0.2, -0.15) is 5.10 Å². The maximum absolute atomic E-state index is 11.5. The van der Waals surface area contributed by atoms with Gasteiger partial charge in [-0.1, -0.05) is 0 Å². The van der Waals surface area contributed by atoms with Crippen molar-refractivity contribution in [2.24, 2.45) is 12.8 Å². The van der Waals surface area contributed by atoms with Crippen LogP contribution in [0.4, 0.5) is 4.79 Å². The molecule has 0 radical (unpaired) electrons. The second-order valence-electron chi connectivity index (χ2n) is 3.83. The monoisotopic (exact) mass is 269 g/mol. The number of rotatable bonds is 6. The Labute approximate surface area is 108 Å². The molecule has 5 N–H and O–H groups in total. The van der Waals surface area contributed by atoms with Gasteiger partial charge in [0.25, 0.3) is 0 Å². The van der Waals surface area contributed by atoms with Crippen LogP contribution in [0.1, 0.15) is 12.1 Å². The van der Waals surface area contributed by atoms with E-state index in [0.717, 1.165) is 5.69 Å². The molecule has 1 rings (SSSR count). The fourth-order valence-electron chi connectivity index (χ4n) is 1.36. The lowest BCUT2D eigenvalue weighted by molar-refractivity contribution is -0.140. The third kappa shape index (κ3) is 4.66. The molecule has 19 heavy (non-hydrogen) atoms. The van der Waals surface area contributed by atoms with Gasteiger partial charge < -0.3 is 21.5 Å². The van der Waals surface area contributed by atoms with Crippen molar-refractivity contribution in [1.29, 1.82) is 0 Å². The number of carbonyl (C=O) groups is 3. The first-order valence-corrected chi connectivity index (χ1v) is 5.42. The first kappa shape index (κ1) is 14.5. The zero-order valence-corrected chi connectivity index (χ0v) is 10.3. The van der Waals surface area contributed by atoms with Crippen molar-refractivity contribution in [3.8, 4) is 0 Å². The van der Waals surface area contributed by atoms with E-state index in [4.69, 9.17) is 10.8 Å². The second-order valence-corrected chi connectivity index (χ2v) is 3.83. The fraction of sp³-hybridized carbons (Fsp3) is 0.400. The lowest BCUT2D eigenvalue weighted by atomic mass is 10.2. The quantitative estimate of drug-likeness (QED) is 0.500. The van der Waals surface area contributed by atoms with Gasteiger partial charge in [-0.05, 0) is 6.07 Å². The number of aryl methyl sites for hydroxylation is 1. The van der Waals surface area contributed by atoms with Gasteiger partial charge in [-0.25, -0.2) is 9.59 Å². The smallest absolute Gasteiger partial charge is 0.326 e. The third-order valence-corrected chi connectivity index (χ3v) is 2.36. The van der Waals surface area contributed by atoms with Crippen LogP contribution in [0.25, 0.3) is 0 Å². The summed E-state index contributed by atoms with van der Waals surface area (Å²) in [5.41, 5.74) is 5.64. The molecule has 3 amide bonds. The summed E-state index contributed by atoms with van der Waals surface area (Å²) in [5, 5.41) is 17.3. The number of urea groups is 1. The molecular formula is C10H15N5O4. The maximum Gasteiger partial charge on any atom is 0.326 e. The number of carboxylic acid groups (broad SMARTS) is 1. The summed E-state index contributed by atoms with van der Waals surface area (Å²) >= 11 is 0. The number of carboxylic acids is 1. The van der Waals surface area contributed by atoms with Crippen molar-refractivity contribution in [2.75, 3.05) is 0 Å². The number of primary amides is 1. The van der Waals surface area contributed by atoms with Crippen LogP contribution in [0.2, 0.25) is 0 Å². The number of carbonyl (C=O) groups excluding carboxylic acids is 2. The highest BCUT2D eigenvalue weighted by Crippen LogP contribution is 1.96. The minimum absolute atomic E-state index is 0.186.